The summed E-state index contributed by atoms with van der Waals surface area (Å²) in [5, 5.41) is 29.5. The van der Waals surface area contributed by atoms with Crippen LogP contribution < -0.4 is 4.74 Å². The summed E-state index contributed by atoms with van der Waals surface area (Å²) in [6.07, 6.45) is -5.01. The summed E-state index contributed by atoms with van der Waals surface area (Å²) in [5.41, 5.74) is 1.96. The number of methoxy groups -OCH3 is 1. The predicted molar refractivity (Wildman–Crippen MR) is 101 cm³/mol. The van der Waals surface area contributed by atoms with Crippen molar-refractivity contribution in [3.05, 3.63) is 65.7 Å². The van der Waals surface area contributed by atoms with Gasteiger partial charge in [-0.15, -0.1) is 0 Å². The highest BCUT2D eigenvalue weighted by Gasteiger charge is 2.45. The molecule has 5 atom stereocenters. The molecule has 1 aliphatic rings. The second kappa shape index (κ2) is 9.97. The van der Waals surface area contributed by atoms with Crippen LogP contribution in [0, 0.1) is 0 Å². The average molecular weight is 390 g/mol. The Bertz CT molecular complexity index is 706. The minimum absolute atomic E-state index is 0.195. The summed E-state index contributed by atoms with van der Waals surface area (Å²) in [7, 11) is 1.41. The Hall–Kier alpha value is -2.00. The molecule has 0 unspecified atom stereocenters. The van der Waals surface area contributed by atoms with E-state index in [1.165, 1.54) is 7.11 Å². The molecule has 0 amide bonds. The Kier molecular flexibility index (Phi) is 7.38. The van der Waals surface area contributed by atoms with E-state index in [2.05, 4.69) is 0 Å². The van der Waals surface area contributed by atoms with Gasteiger partial charge in [0.05, 0.1) is 13.2 Å². The van der Waals surface area contributed by atoms with Gasteiger partial charge in [0.2, 0.25) is 0 Å². The van der Waals surface area contributed by atoms with E-state index >= 15 is 0 Å². The van der Waals surface area contributed by atoms with Crippen LogP contribution in [0.4, 0.5) is 0 Å². The van der Waals surface area contributed by atoms with Gasteiger partial charge in [-0.2, -0.15) is 0 Å². The maximum atomic E-state index is 10.2. The van der Waals surface area contributed by atoms with E-state index in [1.807, 2.05) is 54.6 Å². The first-order valence-electron chi connectivity index (χ1n) is 9.15. The van der Waals surface area contributed by atoms with Crippen LogP contribution in [0.2, 0.25) is 0 Å². The lowest BCUT2D eigenvalue weighted by atomic mass is 9.99. The van der Waals surface area contributed by atoms with Gasteiger partial charge in [-0.3, -0.25) is 0 Å². The van der Waals surface area contributed by atoms with E-state index < -0.39 is 37.3 Å². The predicted octanol–water partition coefficient (Wildman–Crippen LogP) is 1.24. The lowest BCUT2D eigenvalue weighted by Crippen LogP contribution is -2.59. The smallest absolute Gasteiger partial charge is 0.184 e. The number of aliphatic hydroxyl groups is 3. The fraction of sp³-hybridized carbons (Fsp3) is 0.429. The molecule has 1 saturated heterocycles. The van der Waals surface area contributed by atoms with Crippen LogP contribution in [0.5, 0.6) is 5.75 Å². The molecule has 7 nitrogen and oxygen atoms in total. The maximum absolute atomic E-state index is 10.2. The Labute approximate surface area is 164 Å². The molecule has 28 heavy (non-hydrogen) atoms. The number of aliphatic hydroxyl groups excluding tert-OH is 3. The van der Waals surface area contributed by atoms with Crippen LogP contribution in [0.25, 0.3) is 0 Å². The van der Waals surface area contributed by atoms with E-state index in [-0.39, 0.29) is 6.61 Å². The molecule has 7 heteroatoms. The lowest BCUT2D eigenvalue weighted by Gasteiger charge is -2.41. The summed E-state index contributed by atoms with van der Waals surface area (Å²) in [4.78, 5) is 0. The standard InChI is InChI=1S/C21H26O7/c1-25-19-18(23)17(11-22)28-21(24)20(19)27-13-15-7-9-16(10-8-15)26-12-14-5-3-2-4-6-14/h2-10,17-24H,11-13H2,1H3/t17-,18-,19+,20-,21+/m1/s1. The fourth-order valence-electron chi connectivity index (χ4n) is 3.12. The zero-order chi connectivity index (χ0) is 19.9. The van der Waals surface area contributed by atoms with Gasteiger partial charge in [0, 0.05) is 7.11 Å². The van der Waals surface area contributed by atoms with E-state index in [0.717, 1.165) is 16.9 Å². The van der Waals surface area contributed by atoms with Gasteiger partial charge in [-0.25, -0.2) is 0 Å². The van der Waals surface area contributed by atoms with Gasteiger partial charge in [0.1, 0.15) is 36.8 Å². The Balaban J connectivity index is 1.54. The van der Waals surface area contributed by atoms with Crippen LogP contribution in [0.15, 0.2) is 54.6 Å². The second-order valence-corrected chi connectivity index (χ2v) is 6.63. The summed E-state index contributed by atoms with van der Waals surface area (Å²) in [6.45, 7) is 0.261. The first kappa shape index (κ1) is 20.7. The molecule has 2 aromatic carbocycles. The zero-order valence-corrected chi connectivity index (χ0v) is 15.7. The number of hydrogen-bond donors (Lipinski definition) is 3. The van der Waals surface area contributed by atoms with E-state index in [0.29, 0.717) is 6.61 Å². The Morgan fingerprint density at radius 2 is 1.57 bits per heavy atom. The molecule has 152 valence electrons. The van der Waals surface area contributed by atoms with Crippen molar-refractivity contribution in [1.29, 1.82) is 0 Å². The quantitative estimate of drug-likeness (QED) is 0.624. The van der Waals surface area contributed by atoms with E-state index in [1.54, 1.807) is 0 Å². The highest BCUT2D eigenvalue weighted by molar-refractivity contribution is 5.27. The maximum Gasteiger partial charge on any atom is 0.184 e. The first-order chi connectivity index (χ1) is 13.6. The summed E-state index contributed by atoms with van der Waals surface area (Å²) in [6, 6.07) is 17.3. The molecule has 1 aliphatic heterocycles. The van der Waals surface area contributed by atoms with Crippen molar-refractivity contribution in [3.8, 4) is 5.75 Å². The largest absolute Gasteiger partial charge is 0.489 e. The molecule has 0 bridgehead atoms. The third-order valence-corrected chi connectivity index (χ3v) is 4.70. The SMILES string of the molecule is CO[C@H]1[C@H](O)[C@@H](CO)O[C@H](O)[C@@H]1OCc1ccc(OCc2ccccc2)cc1. The third kappa shape index (κ3) is 5.08. The topological polar surface area (TPSA) is 97.6 Å². The van der Waals surface area contributed by atoms with Crippen molar-refractivity contribution >= 4 is 0 Å². The zero-order valence-electron chi connectivity index (χ0n) is 15.7. The van der Waals surface area contributed by atoms with Crippen molar-refractivity contribution in [3.63, 3.8) is 0 Å². The van der Waals surface area contributed by atoms with E-state index in [4.69, 9.17) is 18.9 Å². The molecule has 2 aromatic rings. The molecule has 0 saturated carbocycles. The normalized spacial score (nSPS) is 27.5. The third-order valence-electron chi connectivity index (χ3n) is 4.70. The van der Waals surface area contributed by atoms with Crippen molar-refractivity contribution in [2.75, 3.05) is 13.7 Å². The number of benzene rings is 2. The molecule has 0 aromatic heterocycles. The highest BCUT2D eigenvalue weighted by atomic mass is 16.7. The van der Waals surface area contributed by atoms with Gasteiger partial charge in [-0.1, -0.05) is 42.5 Å². The molecule has 3 N–H and O–H groups in total. The van der Waals surface area contributed by atoms with Gasteiger partial charge in [0.25, 0.3) is 0 Å². The lowest BCUT2D eigenvalue weighted by molar-refractivity contribution is -0.302. The number of rotatable bonds is 8. The van der Waals surface area contributed by atoms with E-state index in [9.17, 15) is 15.3 Å². The van der Waals surface area contributed by atoms with Crippen molar-refractivity contribution in [2.45, 2.75) is 43.9 Å². The Morgan fingerprint density at radius 3 is 2.21 bits per heavy atom. The molecular weight excluding hydrogens is 364 g/mol. The van der Waals surface area contributed by atoms with Gasteiger partial charge < -0.3 is 34.3 Å². The van der Waals surface area contributed by atoms with Crippen LogP contribution >= 0.6 is 0 Å². The van der Waals surface area contributed by atoms with Crippen LogP contribution in [0.3, 0.4) is 0 Å². The van der Waals surface area contributed by atoms with Crippen molar-refractivity contribution in [1.82, 2.24) is 0 Å². The summed E-state index contributed by atoms with van der Waals surface area (Å²) < 4.78 is 21.9. The number of hydrogen-bond acceptors (Lipinski definition) is 7. The first-order valence-corrected chi connectivity index (χ1v) is 9.15. The molecule has 0 radical (unpaired) electrons. The van der Waals surface area contributed by atoms with Crippen LogP contribution in [-0.4, -0.2) is 59.7 Å². The summed E-state index contributed by atoms with van der Waals surface area (Å²) >= 11 is 0. The molecular formula is C21H26O7. The van der Waals surface area contributed by atoms with Crippen LogP contribution in [-0.2, 0) is 27.4 Å². The Morgan fingerprint density at radius 1 is 0.893 bits per heavy atom. The molecule has 1 fully saturated rings. The molecule has 0 spiro atoms. The second-order valence-electron chi connectivity index (χ2n) is 6.63. The van der Waals surface area contributed by atoms with Gasteiger partial charge in [-0.05, 0) is 23.3 Å². The highest BCUT2D eigenvalue weighted by Crippen LogP contribution is 2.25. The minimum atomic E-state index is -1.31. The van der Waals surface area contributed by atoms with Gasteiger partial charge in [0.15, 0.2) is 6.29 Å². The minimum Gasteiger partial charge on any atom is -0.489 e. The van der Waals surface area contributed by atoms with Crippen molar-refractivity contribution in [2.24, 2.45) is 0 Å². The van der Waals surface area contributed by atoms with Crippen molar-refractivity contribution < 1.29 is 34.3 Å². The average Bonchev–Trinajstić information content (AvgIpc) is 2.74. The molecule has 1 heterocycles. The monoisotopic (exact) mass is 390 g/mol. The number of ether oxygens (including phenoxy) is 4. The van der Waals surface area contributed by atoms with Gasteiger partial charge >= 0.3 is 0 Å². The summed E-state index contributed by atoms with van der Waals surface area (Å²) in [5.74, 6) is 0.740. The fourth-order valence-corrected chi connectivity index (χ4v) is 3.12. The molecule has 3 rings (SSSR count). The van der Waals surface area contributed by atoms with Crippen LogP contribution in [0.1, 0.15) is 11.1 Å². The molecule has 0 aliphatic carbocycles.